The van der Waals surface area contributed by atoms with Gasteiger partial charge in [-0.25, -0.2) is 0 Å². The minimum absolute atomic E-state index is 0.256. The molecule has 1 atom stereocenters. The molecular weight excluding hydrogens is 174 g/mol. The molecule has 0 aliphatic rings. The molecule has 0 aliphatic heterocycles. The van der Waals surface area contributed by atoms with Crippen LogP contribution in [-0.2, 0) is 14.3 Å². The van der Waals surface area contributed by atoms with Crippen LogP contribution in [0.2, 0.25) is 0 Å². The second-order valence-corrected chi connectivity index (χ2v) is 2.64. The molecule has 2 N–H and O–H groups in total. The van der Waals surface area contributed by atoms with Gasteiger partial charge in [0.05, 0.1) is 26.2 Å². The summed E-state index contributed by atoms with van der Waals surface area (Å²) in [6, 6.07) is 0. The third kappa shape index (κ3) is 7.70. The number of aliphatic hydroxyl groups excluding tert-OH is 1. The first-order valence-corrected chi connectivity index (χ1v) is 4.15. The Bertz CT molecular complexity index is 140. The number of hydrogen-bond acceptors (Lipinski definition) is 5. The van der Waals surface area contributed by atoms with Gasteiger partial charge in [0.15, 0.2) is 0 Å². The van der Waals surface area contributed by atoms with Crippen LogP contribution in [0.5, 0.6) is 0 Å². The highest BCUT2D eigenvalue weighted by molar-refractivity contribution is 5.69. The number of hydrogen-bond donors (Lipinski definition) is 2. The normalized spacial score (nSPS) is 12.5. The molecule has 0 saturated carbocycles. The summed E-state index contributed by atoms with van der Waals surface area (Å²) < 4.78 is 9.16. The third-order valence-corrected chi connectivity index (χ3v) is 1.47. The van der Waals surface area contributed by atoms with Crippen LogP contribution in [0.3, 0.4) is 0 Å². The molecule has 0 rings (SSSR count). The summed E-state index contributed by atoms with van der Waals surface area (Å²) in [6.45, 7) is 1.23. The van der Waals surface area contributed by atoms with Gasteiger partial charge in [-0.2, -0.15) is 0 Å². The van der Waals surface area contributed by atoms with Gasteiger partial charge in [0.1, 0.15) is 0 Å². The maximum Gasteiger partial charge on any atom is 0.306 e. The molecule has 0 aliphatic carbocycles. The molecular formula is C8H17NO4. The Hall–Kier alpha value is -0.650. The lowest BCUT2D eigenvalue weighted by Gasteiger charge is -2.09. The number of carbonyl (C=O) groups is 1. The van der Waals surface area contributed by atoms with Crippen LogP contribution in [0.4, 0.5) is 0 Å². The molecule has 0 spiro atoms. The average molecular weight is 191 g/mol. The molecule has 0 aromatic carbocycles. The molecule has 0 bridgehead atoms. The largest absolute Gasteiger partial charge is 0.469 e. The van der Waals surface area contributed by atoms with E-state index in [1.165, 1.54) is 14.2 Å². The van der Waals surface area contributed by atoms with Crippen LogP contribution in [0.15, 0.2) is 0 Å². The predicted octanol–water partition coefficient (Wildman–Crippen LogP) is -0.854. The molecule has 0 amide bonds. The second-order valence-electron chi connectivity index (χ2n) is 2.64. The van der Waals surface area contributed by atoms with Crippen LogP contribution in [0.1, 0.15) is 6.42 Å². The minimum atomic E-state index is -0.525. The molecule has 0 aromatic heterocycles. The van der Waals surface area contributed by atoms with E-state index >= 15 is 0 Å². The minimum Gasteiger partial charge on any atom is -0.469 e. The highest BCUT2D eigenvalue weighted by atomic mass is 16.5. The van der Waals surface area contributed by atoms with Gasteiger partial charge in [-0.05, 0) is 0 Å². The molecule has 0 fully saturated rings. The molecule has 0 radical (unpaired) electrons. The van der Waals surface area contributed by atoms with E-state index < -0.39 is 6.10 Å². The van der Waals surface area contributed by atoms with Gasteiger partial charge in [-0.1, -0.05) is 0 Å². The van der Waals surface area contributed by atoms with Crippen LogP contribution < -0.4 is 5.32 Å². The third-order valence-electron chi connectivity index (χ3n) is 1.47. The van der Waals surface area contributed by atoms with Crippen molar-refractivity contribution in [2.45, 2.75) is 12.5 Å². The summed E-state index contributed by atoms with van der Waals surface area (Å²) in [7, 11) is 2.87. The summed E-state index contributed by atoms with van der Waals surface area (Å²) in [5.74, 6) is -0.256. The Labute approximate surface area is 78.0 Å². The smallest absolute Gasteiger partial charge is 0.306 e. The fourth-order valence-corrected chi connectivity index (χ4v) is 0.812. The Morgan fingerprint density at radius 3 is 2.77 bits per heavy atom. The zero-order valence-corrected chi connectivity index (χ0v) is 8.08. The molecule has 1 unspecified atom stereocenters. The van der Waals surface area contributed by atoms with Crippen molar-refractivity contribution in [2.24, 2.45) is 0 Å². The fourth-order valence-electron chi connectivity index (χ4n) is 0.812. The molecule has 78 valence electrons. The molecule has 5 nitrogen and oxygen atoms in total. The van der Waals surface area contributed by atoms with Gasteiger partial charge in [-0.15, -0.1) is 0 Å². The van der Waals surface area contributed by atoms with Gasteiger partial charge in [0.2, 0.25) is 0 Å². The van der Waals surface area contributed by atoms with E-state index in [9.17, 15) is 4.79 Å². The summed E-state index contributed by atoms with van der Waals surface area (Å²) in [5.41, 5.74) is 0. The van der Waals surface area contributed by atoms with E-state index in [0.29, 0.717) is 26.1 Å². The molecule has 0 saturated heterocycles. The number of aliphatic hydroxyl groups is 1. The van der Waals surface area contributed by atoms with Crippen LogP contribution in [-0.4, -0.2) is 51.1 Å². The highest BCUT2D eigenvalue weighted by Gasteiger charge is 2.03. The SMILES string of the molecule is COCC(O)CNCCC(=O)OC. The number of carbonyl (C=O) groups excluding carboxylic acids is 1. The van der Waals surface area contributed by atoms with Crippen LogP contribution >= 0.6 is 0 Å². The van der Waals surface area contributed by atoms with E-state index in [1.807, 2.05) is 0 Å². The topological polar surface area (TPSA) is 67.8 Å². The van der Waals surface area contributed by atoms with Crippen LogP contribution in [0.25, 0.3) is 0 Å². The molecule has 5 heteroatoms. The number of methoxy groups -OCH3 is 2. The van der Waals surface area contributed by atoms with Gasteiger partial charge in [0, 0.05) is 20.2 Å². The highest BCUT2D eigenvalue weighted by Crippen LogP contribution is 1.84. The van der Waals surface area contributed by atoms with E-state index in [-0.39, 0.29) is 5.97 Å². The lowest BCUT2D eigenvalue weighted by molar-refractivity contribution is -0.140. The lowest BCUT2D eigenvalue weighted by atomic mass is 10.3. The van der Waals surface area contributed by atoms with Crippen molar-refractivity contribution in [1.29, 1.82) is 0 Å². The molecule has 13 heavy (non-hydrogen) atoms. The first kappa shape index (κ1) is 12.3. The van der Waals surface area contributed by atoms with Crippen molar-refractivity contribution in [1.82, 2.24) is 5.32 Å². The van der Waals surface area contributed by atoms with Crippen molar-refractivity contribution in [2.75, 3.05) is 33.9 Å². The van der Waals surface area contributed by atoms with Crippen LogP contribution in [0, 0.1) is 0 Å². The van der Waals surface area contributed by atoms with E-state index in [0.717, 1.165) is 0 Å². The second kappa shape index (κ2) is 7.97. The van der Waals surface area contributed by atoms with Crippen molar-refractivity contribution in [3.8, 4) is 0 Å². The van der Waals surface area contributed by atoms with Gasteiger partial charge in [0.25, 0.3) is 0 Å². The molecule has 0 heterocycles. The Morgan fingerprint density at radius 1 is 1.54 bits per heavy atom. The Kier molecular flexibility index (Phi) is 7.57. The number of rotatable bonds is 7. The first-order chi connectivity index (χ1) is 6.20. The molecule has 0 aromatic rings. The fraction of sp³-hybridized carbons (Fsp3) is 0.875. The number of esters is 1. The van der Waals surface area contributed by atoms with E-state index in [2.05, 4.69) is 10.1 Å². The summed E-state index contributed by atoms with van der Waals surface area (Å²) in [5, 5.41) is 12.1. The van der Waals surface area contributed by atoms with E-state index in [1.54, 1.807) is 0 Å². The number of ether oxygens (including phenoxy) is 2. The zero-order chi connectivity index (χ0) is 10.1. The van der Waals surface area contributed by atoms with E-state index in [4.69, 9.17) is 9.84 Å². The van der Waals surface area contributed by atoms with Gasteiger partial charge < -0.3 is 19.9 Å². The van der Waals surface area contributed by atoms with Gasteiger partial charge in [-0.3, -0.25) is 4.79 Å². The summed E-state index contributed by atoms with van der Waals surface area (Å²) >= 11 is 0. The standard InChI is InChI=1S/C8H17NO4/c1-12-6-7(10)5-9-4-3-8(11)13-2/h7,9-10H,3-6H2,1-2H3. The monoisotopic (exact) mass is 191 g/mol. The Balaban J connectivity index is 3.20. The van der Waals surface area contributed by atoms with Crippen molar-refractivity contribution in [3.63, 3.8) is 0 Å². The quantitative estimate of drug-likeness (QED) is 0.405. The predicted molar refractivity (Wildman–Crippen MR) is 47.4 cm³/mol. The zero-order valence-electron chi connectivity index (χ0n) is 8.08. The average Bonchev–Trinajstić information content (AvgIpc) is 2.12. The van der Waals surface area contributed by atoms with Gasteiger partial charge >= 0.3 is 5.97 Å². The van der Waals surface area contributed by atoms with Crippen molar-refractivity contribution < 1.29 is 19.4 Å². The van der Waals surface area contributed by atoms with Crippen molar-refractivity contribution >= 4 is 5.97 Å². The maximum atomic E-state index is 10.6. The van der Waals surface area contributed by atoms with Crippen molar-refractivity contribution in [3.05, 3.63) is 0 Å². The summed E-state index contributed by atoms with van der Waals surface area (Å²) in [4.78, 5) is 10.6. The number of nitrogens with one attached hydrogen (secondary N) is 1. The Morgan fingerprint density at radius 2 is 2.23 bits per heavy atom. The maximum absolute atomic E-state index is 10.6. The summed E-state index contributed by atoms with van der Waals surface area (Å²) in [6.07, 6.45) is -0.210. The lowest BCUT2D eigenvalue weighted by Crippen LogP contribution is -2.31. The first-order valence-electron chi connectivity index (χ1n) is 4.15.